The van der Waals surface area contributed by atoms with E-state index in [0.29, 0.717) is 23.9 Å². The Morgan fingerprint density at radius 2 is 2.26 bits per heavy atom. The Hall–Kier alpha value is -0.730. The van der Waals surface area contributed by atoms with E-state index in [0.717, 1.165) is 10.4 Å². The number of thiophene rings is 1. The monoisotopic (exact) mass is 304 g/mol. The largest absolute Gasteiger partial charge is 0.383 e. The zero-order valence-corrected chi connectivity index (χ0v) is 12.9. The molecular formula is C12H20N2O3S2. The fourth-order valence-electron chi connectivity index (χ4n) is 1.59. The Labute approximate surface area is 118 Å². The van der Waals surface area contributed by atoms with Crippen molar-refractivity contribution in [3.63, 3.8) is 0 Å². The maximum absolute atomic E-state index is 12.5. The summed E-state index contributed by atoms with van der Waals surface area (Å²) in [6.07, 6.45) is 1.57. The van der Waals surface area contributed by atoms with Crippen LogP contribution in [0.25, 0.3) is 0 Å². The molecule has 1 rings (SSSR count). The van der Waals surface area contributed by atoms with E-state index >= 15 is 0 Å². The summed E-state index contributed by atoms with van der Waals surface area (Å²) in [5.74, 6) is 0. The number of ether oxygens (including phenoxy) is 1. The highest BCUT2D eigenvalue weighted by Gasteiger charge is 2.25. The number of rotatable bonds is 8. The third-order valence-corrected chi connectivity index (χ3v) is 6.23. The summed E-state index contributed by atoms with van der Waals surface area (Å²) in [7, 11) is -1.96. The van der Waals surface area contributed by atoms with Crippen LogP contribution < -0.4 is 5.73 Å². The molecule has 0 spiro atoms. The van der Waals surface area contributed by atoms with Crippen molar-refractivity contribution in [3.8, 4) is 0 Å². The van der Waals surface area contributed by atoms with Crippen LogP contribution in [-0.4, -0.2) is 39.5 Å². The molecule has 7 heteroatoms. The molecule has 0 radical (unpaired) electrons. The highest BCUT2D eigenvalue weighted by atomic mass is 32.2. The van der Waals surface area contributed by atoms with Gasteiger partial charge in [0.05, 0.1) is 6.61 Å². The summed E-state index contributed by atoms with van der Waals surface area (Å²) in [6.45, 7) is 6.73. The molecule has 2 N–H and O–H groups in total. The van der Waals surface area contributed by atoms with Crippen molar-refractivity contribution >= 4 is 21.4 Å². The SMILES string of the molecule is C=CCN(CCOC)S(=O)(=O)c1cc(C)c(CN)s1. The van der Waals surface area contributed by atoms with Gasteiger partial charge in [0, 0.05) is 31.6 Å². The predicted molar refractivity (Wildman–Crippen MR) is 77.8 cm³/mol. The first-order valence-electron chi connectivity index (χ1n) is 5.86. The molecule has 0 aromatic carbocycles. The molecule has 19 heavy (non-hydrogen) atoms. The van der Waals surface area contributed by atoms with Gasteiger partial charge >= 0.3 is 0 Å². The Bertz CT molecular complexity index is 523. The summed E-state index contributed by atoms with van der Waals surface area (Å²) in [5, 5.41) is 0. The lowest BCUT2D eigenvalue weighted by Crippen LogP contribution is -2.33. The molecule has 1 heterocycles. The Kier molecular flexibility index (Phi) is 6.15. The fraction of sp³-hybridized carbons (Fsp3) is 0.500. The van der Waals surface area contributed by atoms with Crippen LogP contribution in [0.2, 0.25) is 0 Å². The van der Waals surface area contributed by atoms with E-state index in [1.165, 1.54) is 15.6 Å². The molecule has 0 aliphatic heterocycles. The van der Waals surface area contributed by atoms with Crippen LogP contribution in [0.5, 0.6) is 0 Å². The molecule has 1 aromatic heterocycles. The number of nitrogens with zero attached hydrogens (tertiary/aromatic N) is 1. The third-order valence-electron chi connectivity index (χ3n) is 2.66. The predicted octanol–water partition coefficient (Wildman–Crippen LogP) is 1.34. The smallest absolute Gasteiger partial charge is 0.252 e. The van der Waals surface area contributed by atoms with E-state index in [1.54, 1.807) is 19.3 Å². The van der Waals surface area contributed by atoms with E-state index in [1.807, 2.05) is 6.92 Å². The minimum absolute atomic E-state index is 0.264. The van der Waals surface area contributed by atoms with Crippen molar-refractivity contribution in [3.05, 3.63) is 29.2 Å². The molecule has 0 fully saturated rings. The maximum atomic E-state index is 12.5. The van der Waals surface area contributed by atoms with Crippen molar-refractivity contribution in [1.82, 2.24) is 4.31 Å². The average Bonchev–Trinajstić information content (AvgIpc) is 2.76. The molecule has 0 bridgehead atoms. The number of methoxy groups -OCH3 is 1. The summed E-state index contributed by atoms with van der Waals surface area (Å²) in [5.41, 5.74) is 6.50. The van der Waals surface area contributed by atoms with E-state index in [2.05, 4.69) is 6.58 Å². The quantitative estimate of drug-likeness (QED) is 0.736. The number of hydrogen-bond donors (Lipinski definition) is 1. The molecule has 1 aromatic rings. The van der Waals surface area contributed by atoms with Gasteiger partial charge in [-0.1, -0.05) is 6.08 Å². The topological polar surface area (TPSA) is 72.6 Å². The average molecular weight is 304 g/mol. The molecule has 108 valence electrons. The van der Waals surface area contributed by atoms with Crippen LogP contribution in [0, 0.1) is 6.92 Å². The van der Waals surface area contributed by atoms with Crippen LogP contribution in [0.1, 0.15) is 10.4 Å². The lowest BCUT2D eigenvalue weighted by Gasteiger charge is -2.19. The Morgan fingerprint density at radius 3 is 2.74 bits per heavy atom. The molecular weight excluding hydrogens is 284 g/mol. The van der Waals surface area contributed by atoms with Gasteiger partial charge in [0.2, 0.25) is 0 Å². The van der Waals surface area contributed by atoms with Crippen LogP contribution in [0.3, 0.4) is 0 Å². The maximum Gasteiger partial charge on any atom is 0.252 e. The first-order valence-corrected chi connectivity index (χ1v) is 8.12. The summed E-state index contributed by atoms with van der Waals surface area (Å²) in [4.78, 5) is 0.892. The molecule has 0 aliphatic rings. The minimum Gasteiger partial charge on any atom is -0.383 e. The second-order valence-electron chi connectivity index (χ2n) is 4.02. The molecule has 5 nitrogen and oxygen atoms in total. The van der Waals surface area contributed by atoms with Gasteiger partial charge in [0.15, 0.2) is 0 Å². The van der Waals surface area contributed by atoms with Crippen LogP contribution >= 0.6 is 11.3 Å². The first kappa shape index (κ1) is 16.3. The van der Waals surface area contributed by atoms with E-state index in [-0.39, 0.29) is 6.54 Å². The Balaban J connectivity index is 3.06. The van der Waals surface area contributed by atoms with Gasteiger partial charge in [-0.2, -0.15) is 4.31 Å². The number of hydrogen-bond acceptors (Lipinski definition) is 5. The normalized spacial score (nSPS) is 12.0. The van der Waals surface area contributed by atoms with Gasteiger partial charge < -0.3 is 10.5 Å². The van der Waals surface area contributed by atoms with E-state index in [9.17, 15) is 8.42 Å². The van der Waals surface area contributed by atoms with Crippen LogP contribution in [-0.2, 0) is 21.3 Å². The molecule has 0 unspecified atom stereocenters. The summed E-state index contributed by atoms with van der Waals surface area (Å²) < 4.78 is 31.6. The van der Waals surface area contributed by atoms with Gasteiger partial charge in [0.25, 0.3) is 10.0 Å². The highest BCUT2D eigenvalue weighted by molar-refractivity contribution is 7.91. The van der Waals surface area contributed by atoms with E-state index in [4.69, 9.17) is 10.5 Å². The van der Waals surface area contributed by atoms with Gasteiger partial charge in [-0.05, 0) is 18.6 Å². The van der Waals surface area contributed by atoms with Gasteiger partial charge in [-0.25, -0.2) is 8.42 Å². The van der Waals surface area contributed by atoms with Crippen LogP contribution in [0.15, 0.2) is 22.9 Å². The molecule has 0 aliphatic carbocycles. The number of sulfonamides is 1. The van der Waals surface area contributed by atoms with Crippen molar-refractivity contribution in [2.24, 2.45) is 5.73 Å². The molecule has 0 saturated carbocycles. The minimum atomic E-state index is -3.50. The fourth-order valence-corrected chi connectivity index (χ4v) is 4.61. The number of aryl methyl sites for hydroxylation is 1. The van der Waals surface area contributed by atoms with Gasteiger partial charge in [0.1, 0.15) is 4.21 Å². The van der Waals surface area contributed by atoms with Crippen molar-refractivity contribution < 1.29 is 13.2 Å². The first-order chi connectivity index (χ1) is 8.97. The second kappa shape index (κ2) is 7.16. The lowest BCUT2D eigenvalue weighted by atomic mass is 10.3. The number of nitrogens with two attached hydrogens (primary N) is 1. The zero-order chi connectivity index (χ0) is 14.5. The van der Waals surface area contributed by atoms with Crippen molar-refractivity contribution in [2.45, 2.75) is 17.7 Å². The molecule has 0 atom stereocenters. The zero-order valence-electron chi connectivity index (χ0n) is 11.3. The second-order valence-corrected chi connectivity index (χ2v) is 7.32. The third kappa shape index (κ3) is 3.87. The standard InChI is InChI=1S/C12H20N2O3S2/c1-4-5-14(6-7-17-3)19(15,16)12-8-10(2)11(9-13)18-12/h4,8H,1,5-7,9,13H2,2-3H3. The molecule has 0 saturated heterocycles. The van der Waals surface area contributed by atoms with Crippen LogP contribution in [0.4, 0.5) is 0 Å². The Morgan fingerprint density at radius 1 is 1.58 bits per heavy atom. The van der Waals surface area contributed by atoms with Crippen molar-refractivity contribution in [2.75, 3.05) is 26.8 Å². The lowest BCUT2D eigenvalue weighted by molar-refractivity contribution is 0.182. The van der Waals surface area contributed by atoms with E-state index < -0.39 is 10.0 Å². The summed E-state index contributed by atoms with van der Waals surface area (Å²) in [6, 6.07) is 1.67. The molecule has 0 amide bonds. The summed E-state index contributed by atoms with van der Waals surface area (Å²) >= 11 is 1.22. The highest BCUT2D eigenvalue weighted by Crippen LogP contribution is 2.28. The van der Waals surface area contributed by atoms with Gasteiger partial charge in [-0.15, -0.1) is 17.9 Å². The van der Waals surface area contributed by atoms with Gasteiger partial charge in [-0.3, -0.25) is 0 Å². The van der Waals surface area contributed by atoms with Crippen molar-refractivity contribution in [1.29, 1.82) is 0 Å².